The lowest BCUT2D eigenvalue weighted by Crippen LogP contribution is -2.31. The Morgan fingerprint density at radius 2 is 2.19 bits per heavy atom. The summed E-state index contributed by atoms with van der Waals surface area (Å²) in [6, 6.07) is 0. The number of hydrogen-bond donors (Lipinski definition) is 4. The maximum Gasteiger partial charge on any atom is 0.253 e. The van der Waals surface area contributed by atoms with Gasteiger partial charge >= 0.3 is 0 Å². The van der Waals surface area contributed by atoms with Crippen LogP contribution in [0.15, 0.2) is 11.3 Å². The first-order valence-electron chi connectivity index (χ1n) is 9.66. The minimum Gasteiger partial charge on any atom is -0.394 e. The van der Waals surface area contributed by atoms with Gasteiger partial charge in [0.25, 0.3) is 5.95 Å². The van der Waals surface area contributed by atoms with Crippen LogP contribution < -0.4 is 11.1 Å². The van der Waals surface area contributed by atoms with Crippen LogP contribution in [-0.4, -0.2) is 80.7 Å². The molecule has 0 bridgehead atoms. The number of aliphatic hydroxyl groups is 1. The Labute approximate surface area is 177 Å². The van der Waals surface area contributed by atoms with Gasteiger partial charge in [0.1, 0.15) is 29.7 Å². The number of fused-ring (bicyclic) bond motifs is 2. The number of amides is 1. The van der Waals surface area contributed by atoms with Crippen molar-refractivity contribution in [3.63, 3.8) is 0 Å². The molecule has 0 aromatic carbocycles. The summed E-state index contributed by atoms with van der Waals surface area (Å²) in [5.41, 5.74) is 6.73. The maximum absolute atomic E-state index is 11.8. The van der Waals surface area contributed by atoms with Crippen molar-refractivity contribution in [2.24, 2.45) is 10.9 Å². The Kier molecular flexibility index (Phi) is 5.43. The first kappa shape index (κ1) is 21.2. The van der Waals surface area contributed by atoms with Crippen LogP contribution in [0, 0.1) is 11.3 Å². The van der Waals surface area contributed by atoms with Gasteiger partial charge < -0.3 is 35.8 Å². The van der Waals surface area contributed by atoms with Crippen LogP contribution in [-0.2, 0) is 19.0 Å². The number of rotatable bonds is 6. The van der Waals surface area contributed by atoms with E-state index in [4.69, 9.17) is 25.4 Å². The lowest BCUT2D eigenvalue weighted by Gasteiger charge is -2.24. The number of nitrogens with zero attached hydrogens (tertiary/aromatic N) is 5. The second-order valence-corrected chi connectivity index (χ2v) is 7.63. The first-order chi connectivity index (χ1) is 14.8. The van der Waals surface area contributed by atoms with Crippen LogP contribution in [0.1, 0.15) is 20.1 Å². The van der Waals surface area contributed by atoms with E-state index < -0.39 is 36.2 Å². The van der Waals surface area contributed by atoms with E-state index in [-0.39, 0.29) is 24.3 Å². The van der Waals surface area contributed by atoms with E-state index in [2.05, 4.69) is 25.3 Å². The SMILES string of the molecule is CNC(=O)C(C=N)C=Nc1nc(N)c2ncn(C3OC(CO)C4OC(C)(C)OC43)c2n1. The maximum atomic E-state index is 11.8. The third kappa shape index (κ3) is 3.76. The molecule has 0 radical (unpaired) electrons. The molecule has 13 nitrogen and oxygen atoms in total. The molecule has 1 amide bonds. The number of nitrogens with two attached hydrogens (primary N) is 1. The van der Waals surface area contributed by atoms with Crippen molar-refractivity contribution in [1.29, 1.82) is 5.41 Å². The lowest BCUT2D eigenvalue weighted by molar-refractivity contribution is -0.199. The summed E-state index contributed by atoms with van der Waals surface area (Å²) in [5.74, 6) is -1.99. The molecule has 13 heteroatoms. The van der Waals surface area contributed by atoms with Crippen molar-refractivity contribution < 1.29 is 24.1 Å². The van der Waals surface area contributed by atoms with Crippen LogP contribution in [0.2, 0.25) is 0 Å². The fraction of sp³-hybridized carbons (Fsp3) is 0.556. The quantitative estimate of drug-likeness (QED) is 0.438. The number of aromatic nitrogens is 4. The van der Waals surface area contributed by atoms with E-state index >= 15 is 0 Å². The Balaban J connectivity index is 1.70. The van der Waals surface area contributed by atoms with Gasteiger partial charge in [-0.15, -0.1) is 0 Å². The highest BCUT2D eigenvalue weighted by Crippen LogP contribution is 2.43. The molecule has 2 aromatic rings. The van der Waals surface area contributed by atoms with Crippen molar-refractivity contribution in [2.45, 2.75) is 44.2 Å². The molecule has 0 spiro atoms. The highest BCUT2D eigenvalue weighted by molar-refractivity contribution is 6.07. The zero-order valence-corrected chi connectivity index (χ0v) is 17.2. The van der Waals surface area contributed by atoms with Crippen LogP contribution in [0.4, 0.5) is 11.8 Å². The number of aliphatic hydroxyl groups excluding tert-OH is 1. The summed E-state index contributed by atoms with van der Waals surface area (Å²) in [6.45, 7) is 3.35. The third-order valence-electron chi connectivity index (χ3n) is 5.10. The minimum atomic E-state index is -0.870. The number of aliphatic imine (C=N–C) groups is 1. The largest absolute Gasteiger partial charge is 0.394 e. The smallest absolute Gasteiger partial charge is 0.253 e. The molecular weight excluding hydrogens is 408 g/mol. The Hall–Kier alpha value is -3.00. The predicted octanol–water partition coefficient (Wildman–Crippen LogP) is -0.468. The number of ether oxygens (including phenoxy) is 3. The van der Waals surface area contributed by atoms with Gasteiger partial charge in [0.2, 0.25) is 5.91 Å². The van der Waals surface area contributed by atoms with Gasteiger partial charge in [-0.2, -0.15) is 9.97 Å². The number of hydrogen-bond acceptors (Lipinski definition) is 11. The number of imidazole rings is 1. The second kappa shape index (κ2) is 7.92. The van der Waals surface area contributed by atoms with Crippen molar-refractivity contribution in [3.05, 3.63) is 6.33 Å². The molecule has 2 fully saturated rings. The third-order valence-corrected chi connectivity index (χ3v) is 5.10. The molecule has 166 valence electrons. The van der Waals surface area contributed by atoms with Gasteiger partial charge in [0, 0.05) is 19.5 Å². The van der Waals surface area contributed by atoms with Crippen molar-refractivity contribution >= 4 is 41.3 Å². The molecular formula is C18H24N8O5. The number of anilines is 1. The predicted molar refractivity (Wildman–Crippen MR) is 109 cm³/mol. The highest BCUT2D eigenvalue weighted by atomic mass is 16.8. The van der Waals surface area contributed by atoms with Gasteiger partial charge in [0.05, 0.1) is 12.9 Å². The van der Waals surface area contributed by atoms with Gasteiger partial charge in [-0.05, 0) is 13.8 Å². The summed E-state index contributed by atoms with van der Waals surface area (Å²) < 4.78 is 19.5. The number of carbonyl (C=O) groups excluding carboxylic acids is 1. The number of carbonyl (C=O) groups is 1. The normalized spacial score (nSPS) is 28.1. The van der Waals surface area contributed by atoms with E-state index in [0.717, 1.165) is 6.21 Å². The van der Waals surface area contributed by atoms with E-state index in [1.54, 1.807) is 18.4 Å². The summed E-state index contributed by atoms with van der Waals surface area (Å²) in [6.07, 6.45) is 1.52. The van der Waals surface area contributed by atoms with E-state index in [9.17, 15) is 9.90 Å². The molecule has 4 heterocycles. The van der Waals surface area contributed by atoms with Crippen molar-refractivity contribution in [2.75, 3.05) is 19.4 Å². The molecule has 2 aliphatic heterocycles. The molecule has 2 saturated heterocycles. The molecule has 4 rings (SSSR count). The standard InChI is InChI=1S/C18H24N8O5/c1-18(2)30-11-9(6-27)29-16(12(11)31-18)26-7-23-10-13(20)24-17(25-14(10)26)22-5-8(4-19)15(28)21-3/h4-5,7-9,11-12,16,19,27H,6H2,1-3H3,(H,21,28)(H2,20,24,25). The molecule has 0 aliphatic carbocycles. The van der Waals surface area contributed by atoms with E-state index in [0.29, 0.717) is 11.2 Å². The van der Waals surface area contributed by atoms with Gasteiger partial charge in [-0.25, -0.2) is 9.98 Å². The zero-order valence-electron chi connectivity index (χ0n) is 17.2. The van der Waals surface area contributed by atoms with Crippen LogP contribution in [0.3, 0.4) is 0 Å². The monoisotopic (exact) mass is 432 g/mol. The fourth-order valence-electron chi connectivity index (χ4n) is 3.70. The van der Waals surface area contributed by atoms with Crippen LogP contribution in [0.5, 0.6) is 0 Å². The van der Waals surface area contributed by atoms with Gasteiger partial charge in [-0.1, -0.05) is 0 Å². The molecule has 2 aromatic heterocycles. The van der Waals surface area contributed by atoms with Crippen LogP contribution >= 0.6 is 0 Å². The van der Waals surface area contributed by atoms with Crippen LogP contribution in [0.25, 0.3) is 11.2 Å². The molecule has 31 heavy (non-hydrogen) atoms. The van der Waals surface area contributed by atoms with Crippen molar-refractivity contribution in [3.8, 4) is 0 Å². The Morgan fingerprint density at radius 1 is 1.45 bits per heavy atom. The number of nitrogens with one attached hydrogen (secondary N) is 2. The summed E-state index contributed by atoms with van der Waals surface area (Å²) in [7, 11) is 1.47. The topological polar surface area (TPSA) is 183 Å². The minimum absolute atomic E-state index is 0.000298. The molecule has 2 aliphatic rings. The molecule has 0 saturated carbocycles. The second-order valence-electron chi connectivity index (χ2n) is 7.63. The fourth-order valence-corrected chi connectivity index (χ4v) is 3.70. The average molecular weight is 432 g/mol. The lowest BCUT2D eigenvalue weighted by atomic mass is 10.1. The van der Waals surface area contributed by atoms with Gasteiger partial charge in [-0.3, -0.25) is 9.36 Å². The molecule has 5 unspecified atom stereocenters. The van der Waals surface area contributed by atoms with E-state index in [1.165, 1.54) is 19.6 Å². The molecule has 5 atom stereocenters. The average Bonchev–Trinajstić information content (AvgIpc) is 3.38. The Bertz CT molecular complexity index is 1040. The first-order valence-corrected chi connectivity index (χ1v) is 9.66. The van der Waals surface area contributed by atoms with Crippen molar-refractivity contribution in [1.82, 2.24) is 24.8 Å². The van der Waals surface area contributed by atoms with E-state index in [1.807, 2.05) is 0 Å². The van der Waals surface area contributed by atoms with Gasteiger partial charge in [0.15, 0.2) is 23.5 Å². The number of nitrogen functional groups attached to an aromatic ring is 1. The Morgan fingerprint density at radius 3 is 2.87 bits per heavy atom. The summed E-state index contributed by atoms with van der Waals surface area (Å²) in [4.78, 5) is 28.6. The highest BCUT2D eigenvalue weighted by Gasteiger charge is 2.56. The summed E-state index contributed by atoms with van der Waals surface area (Å²) >= 11 is 0. The summed E-state index contributed by atoms with van der Waals surface area (Å²) in [5, 5.41) is 19.5. The molecule has 5 N–H and O–H groups in total. The zero-order chi connectivity index (χ0) is 22.3.